The van der Waals surface area contributed by atoms with Gasteiger partial charge in [-0.25, -0.2) is 0 Å². The highest BCUT2D eigenvalue weighted by molar-refractivity contribution is 6.01. The number of amides is 2. The molecule has 2 atom stereocenters. The first kappa shape index (κ1) is 21.8. The molecule has 7 heteroatoms. The molecule has 2 saturated heterocycles. The predicted octanol–water partition coefficient (Wildman–Crippen LogP) is 3.56. The lowest BCUT2D eigenvalue weighted by molar-refractivity contribution is -0.126. The lowest BCUT2D eigenvalue weighted by Crippen LogP contribution is -2.49. The highest BCUT2D eigenvalue weighted by atomic mass is 16.2. The van der Waals surface area contributed by atoms with Crippen LogP contribution in [0.1, 0.15) is 78.2 Å². The second-order valence-electron chi connectivity index (χ2n) is 9.36. The number of nitrogens with zero attached hydrogens (tertiary/aromatic N) is 4. The topological polar surface area (TPSA) is 78.4 Å². The van der Waals surface area contributed by atoms with Gasteiger partial charge in [-0.05, 0) is 68.3 Å². The van der Waals surface area contributed by atoms with Gasteiger partial charge in [0.25, 0.3) is 5.91 Å². The zero-order chi connectivity index (χ0) is 22.9. The van der Waals surface area contributed by atoms with E-state index in [0.29, 0.717) is 31.3 Å². The fourth-order valence-corrected chi connectivity index (χ4v) is 5.61. The van der Waals surface area contributed by atoms with Crippen LogP contribution in [0.15, 0.2) is 49.1 Å². The molecule has 4 heterocycles. The first-order valence-corrected chi connectivity index (χ1v) is 12.0. The smallest absolute Gasteiger partial charge is 0.255 e. The van der Waals surface area contributed by atoms with Crippen LogP contribution in [0.2, 0.25) is 0 Å². The summed E-state index contributed by atoms with van der Waals surface area (Å²) >= 11 is 0. The predicted molar refractivity (Wildman–Crippen MR) is 125 cm³/mol. The number of nitrogens with one attached hydrogen (secondary N) is 1. The van der Waals surface area contributed by atoms with Crippen LogP contribution in [0, 0.1) is 0 Å². The molecular weight excluding hydrogens is 414 g/mol. The minimum absolute atomic E-state index is 0.0335. The number of benzene rings is 1. The maximum atomic E-state index is 13.0. The van der Waals surface area contributed by atoms with E-state index in [2.05, 4.69) is 45.8 Å². The zero-order valence-electron chi connectivity index (χ0n) is 19.2. The quantitative estimate of drug-likeness (QED) is 0.761. The van der Waals surface area contributed by atoms with Crippen molar-refractivity contribution in [1.82, 2.24) is 25.1 Å². The molecule has 3 aliphatic heterocycles. The summed E-state index contributed by atoms with van der Waals surface area (Å²) in [6.45, 7) is 8.60. The van der Waals surface area contributed by atoms with Gasteiger partial charge >= 0.3 is 0 Å². The highest BCUT2D eigenvalue weighted by Gasteiger charge is 2.38. The van der Waals surface area contributed by atoms with Crippen LogP contribution >= 0.6 is 0 Å². The Morgan fingerprint density at radius 3 is 2.70 bits per heavy atom. The lowest BCUT2D eigenvalue weighted by atomic mass is 9.87. The summed E-state index contributed by atoms with van der Waals surface area (Å²) in [6.07, 6.45) is 9.91. The Kier molecular flexibility index (Phi) is 5.98. The number of aromatic nitrogens is 2. The molecule has 0 aliphatic carbocycles. The van der Waals surface area contributed by atoms with E-state index in [4.69, 9.17) is 0 Å². The number of piperidine rings is 2. The van der Waals surface area contributed by atoms with Crippen molar-refractivity contribution in [3.05, 3.63) is 71.4 Å². The molecule has 1 aromatic carbocycles. The molecule has 2 fully saturated rings. The van der Waals surface area contributed by atoms with E-state index in [0.717, 1.165) is 54.9 Å². The number of carbonyl (C=O) groups is 2. The number of hydrogen-bond donors (Lipinski definition) is 1. The van der Waals surface area contributed by atoms with E-state index in [-0.39, 0.29) is 11.8 Å². The summed E-state index contributed by atoms with van der Waals surface area (Å²) in [5, 5.41) is 2.81. The summed E-state index contributed by atoms with van der Waals surface area (Å²) in [6, 6.07) is 6.18. The van der Waals surface area contributed by atoms with E-state index >= 15 is 0 Å². The summed E-state index contributed by atoms with van der Waals surface area (Å²) in [5.41, 5.74) is 4.87. The van der Waals surface area contributed by atoms with Crippen molar-refractivity contribution in [2.75, 3.05) is 13.1 Å². The first-order valence-electron chi connectivity index (χ1n) is 12.0. The molecule has 172 valence electrons. The number of fused-ring (bicyclic) bond motifs is 1. The monoisotopic (exact) mass is 445 g/mol. The molecular formula is C26H31N5O2. The van der Waals surface area contributed by atoms with Gasteiger partial charge in [0.2, 0.25) is 5.91 Å². The van der Waals surface area contributed by atoms with Crippen molar-refractivity contribution >= 4 is 11.8 Å². The second kappa shape index (κ2) is 9.06. The van der Waals surface area contributed by atoms with Gasteiger partial charge in [0, 0.05) is 36.4 Å². The normalized spacial score (nSPS) is 22.9. The minimum Gasteiger partial charge on any atom is -0.329 e. The van der Waals surface area contributed by atoms with Gasteiger partial charge in [-0.15, -0.1) is 0 Å². The van der Waals surface area contributed by atoms with Crippen molar-refractivity contribution in [2.45, 2.75) is 63.6 Å². The maximum Gasteiger partial charge on any atom is 0.255 e. The summed E-state index contributed by atoms with van der Waals surface area (Å²) in [7, 11) is 0. The molecule has 0 saturated carbocycles. The van der Waals surface area contributed by atoms with Crippen LogP contribution in [0.25, 0.3) is 0 Å². The van der Waals surface area contributed by atoms with Gasteiger partial charge < -0.3 is 10.2 Å². The summed E-state index contributed by atoms with van der Waals surface area (Å²) in [4.78, 5) is 38.5. The fourth-order valence-electron chi connectivity index (χ4n) is 5.61. The molecule has 0 bridgehead atoms. The van der Waals surface area contributed by atoms with E-state index in [1.807, 2.05) is 12.3 Å². The molecule has 0 spiro atoms. The molecule has 2 unspecified atom stereocenters. The van der Waals surface area contributed by atoms with Gasteiger partial charge in [-0.2, -0.15) is 0 Å². The van der Waals surface area contributed by atoms with Crippen molar-refractivity contribution < 1.29 is 9.59 Å². The average molecular weight is 446 g/mol. The SMILES string of the molecule is C=C1CCC(N2Cc3cc(C4CCN(C(CC)c5cnccn5)CC4)ccc3C2=O)C(=O)N1. The molecule has 7 nitrogen and oxygen atoms in total. The van der Waals surface area contributed by atoms with Crippen molar-refractivity contribution in [2.24, 2.45) is 0 Å². The largest absolute Gasteiger partial charge is 0.329 e. The highest BCUT2D eigenvalue weighted by Crippen LogP contribution is 2.36. The van der Waals surface area contributed by atoms with Crippen LogP contribution in [-0.2, 0) is 11.3 Å². The van der Waals surface area contributed by atoms with E-state index in [9.17, 15) is 9.59 Å². The third-order valence-electron chi connectivity index (χ3n) is 7.41. The molecule has 33 heavy (non-hydrogen) atoms. The van der Waals surface area contributed by atoms with E-state index < -0.39 is 6.04 Å². The van der Waals surface area contributed by atoms with Gasteiger partial charge in [-0.3, -0.25) is 24.5 Å². The van der Waals surface area contributed by atoms with Crippen LogP contribution in [0.4, 0.5) is 0 Å². The van der Waals surface area contributed by atoms with Crippen molar-refractivity contribution in [3.8, 4) is 0 Å². The number of hydrogen-bond acceptors (Lipinski definition) is 5. The Bertz CT molecular complexity index is 1060. The third kappa shape index (κ3) is 4.17. The van der Waals surface area contributed by atoms with Gasteiger partial charge in [0.1, 0.15) is 6.04 Å². The summed E-state index contributed by atoms with van der Waals surface area (Å²) in [5.74, 6) is 0.332. The first-order chi connectivity index (χ1) is 16.0. The molecule has 5 rings (SSSR count). The average Bonchev–Trinajstić information content (AvgIpc) is 3.16. The number of carbonyl (C=O) groups excluding carboxylic acids is 2. The maximum absolute atomic E-state index is 13.0. The standard InChI is InChI=1S/C26H31N5O2/c1-3-23(22-15-27-10-11-28-22)30-12-8-18(9-13-30)19-5-6-21-20(14-19)16-31(26(21)33)24-7-4-17(2)29-25(24)32/h5-6,10-11,14-15,18,23-24H,2-4,7-9,12-13,16H2,1H3,(H,29,32). The zero-order valence-corrected chi connectivity index (χ0v) is 19.2. The van der Waals surface area contributed by atoms with Crippen LogP contribution in [0.5, 0.6) is 0 Å². The third-order valence-corrected chi connectivity index (χ3v) is 7.41. The lowest BCUT2D eigenvalue weighted by Gasteiger charge is -2.37. The molecule has 2 aromatic rings. The van der Waals surface area contributed by atoms with Crippen LogP contribution < -0.4 is 5.32 Å². The Labute approximate surface area is 194 Å². The fraction of sp³-hybridized carbons (Fsp3) is 0.462. The molecule has 1 aromatic heterocycles. The molecule has 2 amide bonds. The van der Waals surface area contributed by atoms with E-state index in [1.165, 1.54) is 5.56 Å². The minimum atomic E-state index is -0.408. The van der Waals surface area contributed by atoms with Crippen LogP contribution in [-0.4, -0.2) is 50.7 Å². The Hall–Kier alpha value is -3.06. The van der Waals surface area contributed by atoms with E-state index in [1.54, 1.807) is 17.3 Å². The molecule has 0 radical (unpaired) electrons. The number of rotatable bonds is 5. The Balaban J connectivity index is 1.26. The summed E-state index contributed by atoms with van der Waals surface area (Å²) < 4.78 is 0. The van der Waals surface area contributed by atoms with Gasteiger partial charge in [0.15, 0.2) is 0 Å². The number of likely N-dealkylation sites (tertiary alicyclic amines) is 1. The molecule has 3 aliphatic rings. The van der Waals surface area contributed by atoms with Crippen molar-refractivity contribution in [1.29, 1.82) is 0 Å². The van der Waals surface area contributed by atoms with Crippen LogP contribution in [0.3, 0.4) is 0 Å². The Morgan fingerprint density at radius 2 is 2.00 bits per heavy atom. The van der Waals surface area contributed by atoms with Crippen molar-refractivity contribution in [3.63, 3.8) is 0 Å². The van der Waals surface area contributed by atoms with Gasteiger partial charge in [0.05, 0.1) is 11.7 Å². The number of allylic oxidation sites excluding steroid dienone is 1. The second-order valence-corrected chi connectivity index (χ2v) is 9.36. The Morgan fingerprint density at radius 1 is 1.18 bits per heavy atom. The van der Waals surface area contributed by atoms with Gasteiger partial charge in [-0.1, -0.05) is 25.6 Å². The molecule has 1 N–H and O–H groups in total.